The molecule has 0 spiro atoms. The van der Waals surface area contributed by atoms with Gasteiger partial charge in [-0.05, 0) is 32.4 Å². The van der Waals surface area contributed by atoms with Crippen LogP contribution >= 0.6 is 11.3 Å². The highest BCUT2D eigenvalue weighted by molar-refractivity contribution is 7.17. The largest absolute Gasteiger partial charge is 0.480 e. The SMILES string of the molecule is COC(=O)c1sc(-c2ccccc2)cc1OCC(=O)OC(C)(C)C. The van der Waals surface area contributed by atoms with Crippen LogP contribution in [0, 0.1) is 0 Å². The lowest BCUT2D eigenvalue weighted by Crippen LogP contribution is -2.27. The zero-order valence-electron chi connectivity index (χ0n) is 14.1. The minimum absolute atomic E-state index is 0.272. The molecule has 128 valence electrons. The van der Waals surface area contributed by atoms with E-state index in [-0.39, 0.29) is 6.61 Å². The summed E-state index contributed by atoms with van der Waals surface area (Å²) in [6, 6.07) is 11.3. The molecule has 0 radical (unpaired) electrons. The monoisotopic (exact) mass is 348 g/mol. The highest BCUT2D eigenvalue weighted by Gasteiger charge is 2.21. The molecule has 6 heteroatoms. The zero-order valence-corrected chi connectivity index (χ0v) is 14.9. The summed E-state index contributed by atoms with van der Waals surface area (Å²) < 4.78 is 15.5. The first kappa shape index (κ1) is 18.0. The first-order chi connectivity index (χ1) is 11.3. The Hall–Kier alpha value is -2.34. The molecule has 0 atom stereocenters. The number of carbonyl (C=O) groups is 2. The molecule has 1 heterocycles. The molecule has 0 saturated heterocycles. The number of rotatable bonds is 5. The lowest BCUT2D eigenvalue weighted by atomic mass is 10.2. The fraction of sp³-hybridized carbons (Fsp3) is 0.333. The fourth-order valence-corrected chi connectivity index (χ4v) is 2.99. The Morgan fingerprint density at radius 2 is 1.79 bits per heavy atom. The molecular formula is C18H20O5S. The van der Waals surface area contributed by atoms with Crippen LogP contribution in [0.4, 0.5) is 0 Å². The first-order valence-electron chi connectivity index (χ1n) is 7.42. The Kier molecular flexibility index (Phi) is 5.62. The van der Waals surface area contributed by atoms with Gasteiger partial charge in [0.1, 0.15) is 11.4 Å². The first-order valence-corrected chi connectivity index (χ1v) is 8.24. The average Bonchev–Trinajstić information content (AvgIpc) is 2.95. The molecule has 0 amide bonds. The molecule has 1 aromatic heterocycles. The highest BCUT2D eigenvalue weighted by atomic mass is 32.1. The van der Waals surface area contributed by atoms with Crippen LogP contribution in [-0.2, 0) is 14.3 Å². The van der Waals surface area contributed by atoms with Crippen LogP contribution in [0.2, 0.25) is 0 Å². The van der Waals surface area contributed by atoms with Gasteiger partial charge in [0, 0.05) is 4.88 Å². The summed E-state index contributed by atoms with van der Waals surface area (Å²) in [6.07, 6.45) is 0. The summed E-state index contributed by atoms with van der Waals surface area (Å²) in [6.45, 7) is 5.07. The molecule has 24 heavy (non-hydrogen) atoms. The van der Waals surface area contributed by atoms with Crippen molar-refractivity contribution >= 4 is 23.3 Å². The van der Waals surface area contributed by atoms with E-state index in [0.29, 0.717) is 10.6 Å². The van der Waals surface area contributed by atoms with Gasteiger partial charge in [-0.25, -0.2) is 9.59 Å². The van der Waals surface area contributed by atoms with Gasteiger partial charge in [-0.15, -0.1) is 11.3 Å². The van der Waals surface area contributed by atoms with Gasteiger partial charge in [-0.2, -0.15) is 0 Å². The van der Waals surface area contributed by atoms with Crippen LogP contribution in [0.5, 0.6) is 5.75 Å². The summed E-state index contributed by atoms with van der Waals surface area (Å²) >= 11 is 1.26. The Labute approximate surface area is 145 Å². The molecule has 5 nitrogen and oxygen atoms in total. The topological polar surface area (TPSA) is 61.8 Å². The number of ether oxygens (including phenoxy) is 3. The average molecular weight is 348 g/mol. The number of benzene rings is 1. The van der Waals surface area contributed by atoms with E-state index in [1.165, 1.54) is 18.4 Å². The molecule has 0 saturated carbocycles. The Morgan fingerprint density at radius 1 is 1.12 bits per heavy atom. The van der Waals surface area contributed by atoms with Crippen molar-refractivity contribution in [1.29, 1.82) is 0 Å². The number of methoxy groups -OCH3 is 1. The van der Waals surface area contributed by atoms with Gasteiger partial charge in [0.25, 0.3) is 0 Å². The van der Waals surface area contributed by atoms with E-state index in [4.69, 9.17) is 14.2 Å². The number of carbonyl (C=O) groups excluding carboxylic acids is 2. The van der Waals surface area contributed by atoms with E-state index in [2.05, 4.69) is 0 Å². The van der Waals surface area contributed by atoms with Gasteiger partial charge < -0.3 is 14.2 Å². The smallest absolute Gasteiger partial charge is 0.351 e. The summed E-state index contributed by atoms with van der Waals surface area (Å²) in [5.74, 6) is -0.677. The Balaban J connectivity index is 2.20. The fourth-order valence-electron chi connectivity index (χ4n) is 1.97. The van der Waals surface area contributed by atoms with Crippen molar-refractivity contribution in [1.82, 2.24) is 0 Å². The van der Waals surface area contributed by atoms with Gasteiger partial charge in [0.05, 0.1) is 7.11 Å². The van der Waals surface area contributed by atoms with Crippen LogP contribution in [-0.4, -0.2) is 31.3 Å². The van der Waals surface area contributed by atoms with Gasteiger partial charge >= 0.3 is 11.9 Å². The van der Waals surface area contributed by atoms with Gasteiger partial charge in [-0.1, -0.05) is 30.3 Å². The zero-order chi connectivity index (χ0) is 17.7. The summed E-state index contributed by atoms with van der Waals surface area (Å²) in [4.78, 5) is 24.9. The third kappa shape index (κ3) is 4.83. The lowest BCUT2D eigenvalue weighted by Gasteiger charge is -2.19. The number of hydrogen-bond acceptors (Lipinski definition) is 6. The third-order valence-electron chi connectivity index (χ3n) is 2.89. The molecule has 2 aromatic rings. The molecular weight excluding hydrogens is 328 g/mol. The summed E-state index contributed by atoms with van der Waals surface area (Å²) in [5, 5.41) is 0. The molecule has 2 rings (SSSR count). The minimum Gasteiger partial charge on any atom is -0.480 e. The van der Waals surface area contributed by atoms with Crippen LogP contribution in [0.25, 0.3) is 10.4 Å². The van der Waals surface area contributed by atoms with E-state index >= 15 is 0 Å². The van der Waals surface area contributed by atoms with Gasteiger partial charge in [0.2, 0.25) is 0 Å². The molecule has 0 aliphatic carbocycles. The molecule has 0 N–H and O–H groups in total. The van der Waals surface area contributed by atoms with Crippen molar-refractivity contribution in [2.24, 2.45) is 0 Å². The predicted molar refractivity (Wildman–Crippen MR) is 92.4 cm³/mol. The van der Waals surface area contributed by atoms with E-state index in [1.54, 1.807) is 26.8 Å². The Bertz CT molecular complexity index is 713. The second-order valence-corrected chi connectivity index (χ2v) is 7.09. The van der Waals surface area contributed by atoms with Crippen molar-refractivity contribution in [3.05, 3.63) is 41.3 Å². The molecule has 0 aliphatic rings. The lowest BCUT2D eigenvalue weighted by molar-refractivity contribution is -0.157. The van der Waals surface area contributed by atoms with Crippen molar-refractivity contribution in [3.63, 3.8) is 0 Å². The maximum atomic E-state index is 11.9. The van der Waals surface area contributed by atoms with E-state index in [9.17, 15) is 9.59 Å². The number of thiophene rings is 1. The van der Waals surface area contributed by atoms with Gasteiger partial charge in [-0.3, -0.25) is 0 Å². The normalized spacial score (nSPS) is 11.0. The standard InChI is InChI=1S/C18H20O5S/c1-18(2,3)23-15(19)11-22-13-10-14(12-8-6-5-7-9-12)24-16(13)17(20)21-4/h5-10H,11H2,1-4H3. The molecule has 0 bridgehead atoms. The van der Waals surface area contributed by atoms with E-state index in [1.807, 2.05) is 30.3 Å². The maximum Gasteiger partial charge on any atom is 0.351 e. The summed E-state index contributed by atoms with van der Waals surface area (Å²) in [5.41, 5.74) is 0.370. The second kappa shape index (κ2) is 7.49. The molecule has 1 aromatic carbocycles. The van der Waals surface area contributed by atoms with Crippen molar-refractivity contribution in [2.75, 3.05) is 13.7 Å². The van der Waals surface area contributed by atoms with Crippen molar-refractivity contribution in [3.8, 4) is 16.2 Å². The Morgan fingerprint density at radius 3 is 2.38 bits per heavy atom. The molecule has 0 fully saturated rings. The molecule has 0 aliphatic heterocycles. The quantitative estimate of drug-likeness (QED) is 0.766. The van der Waals surface area contributed by atoms with Crippen molar-refractivity contribution in [2.45, 2.75) is 26.4 Å². The minimum atomic E-state index is -0.588. The van der Waals surface area contributed by atoms with E-state index in [0.717, 1.165) is 10.4 Å². The van der Waals surface area contributed by atoms with Crippen LogP contribution in [0.1, 0.15) is 30.4 Å². The predicted octanol–water partition coefficient (Wildman–Crippen LogP) is 3.92. The maximum absolute atomic E-state index is 11.9. The van der Waals surface area contributed by atoms with Crippen molar-refractivity contribution < 1.29 is 23.8 Å². The second-order valence-electron chi connectivity index (χ2n) is 6.04. The van der Waals surface area contributed by atoms with Crippen LogP contribution in [0.3, 0.4) is 0 Å². The molecule has 0 unspecified atom stereocenters. The van der Waals surface area contributed by atoms with Gasteiger partial charge in [0.15, 0.2) is 11.5 Å². The number of hydrogen-bond donors (Lipinski definition) is 0. The van der Waals surface area contributed by atoms with Crippen LogP contribution in [0.15, 0.2) is 36.4 Å². The number of esters is 2. The third-order valence-corrected chi connectivity index (χ3v) is 4.04. The van der Waals surface area contributed by atoms with E-state index < -0.39 is 17.5 Å². The highest BCUT2D eigenvalue weighted by Crippen LogP contribution is 2.36. The van der Waals surface area contributed by atoms with Crippen LogP contribution < -0.4 is 4.74 Å². The summed E-state index contributed by atoms with van der Waals surface area (Å²) in [7, 11) is 1.31.